The maximum atomic E-state index is 11.3. The van der Waals surface area contributed by atoms with Crippen LogP contribution in [0.3, 0.4) is 0 Å². The lowest BCUT2D eigenvalue weighted by atomic mass is 10.1. The van der Waals surface area contributed by atoms with Gasteiger partial charge in [0.25, 0.3) is 0 Å². The van der Waals surface area contributed by atoms with E-state index in [-0.39, 0.29) is 16.7 Å². The summed E-state index contributed by atoms with van der Waals surface area (Å²) in [6.45, 7) is 0. The molecular weight excluding hydrogens is 753 g/mol. The summed E-state index contributed by atoms with van der Waals surface area (Å²) in [6.07, 6.45) is 4.04. The monoisotopic (exact) mass is 776 g/mol. The third kappa shape index (κ3) is 8.66. The molecule has 0 saturated carbocycles. The van der Waals surface area contributed by atoms with Gasteiger partial charge in [-0.05, 0) is 108 Å². The molecule has 3 aromatic carbocycles. The molecule has 0 fully saturated rings. The van der Waals surface area contributed by atoms with Crippen LogP contribution in [0.2, 0.25) is 0 Å². The molecule has 266 valence electrons. The van der Waals surface area contributed by atoms with E-state index in [9.17, 15) is 29.7 Å². The van der Waals surface area contributed by atoms with E-state index in [1.165, 1.54) is 52.2 Å². The molecule has 0 aliphatic carbocycles. The average molecular weight is 777 g/mol. The van der Waals surface area contributed by atoms with Crippen LogP contribution in [0.1, 0.15) is 14.6 Å². The molecule has 3 heterocycles. The molecule has 6 aromatic rings. The Hall–Kier alpha value is -7.34. The van der Waals surface area contributed by atoms with Gasteiger partial charge in [0, 0.05) is 46.3 Å². The molecule has 0 atom stereocenters. The Balaban J connectivity index is 1.33. The van der Waals surface area contributed by atoms with Crippen molar-refractivity contribution >= 4 is 87.2 Å². The van der Waals surface area contributed by atoms with Crippen LogP contribution in [0.5, 0.6) is 0 Å². The van der Waals surface area contributed by atoms with Gasteiger partial charge < -0.3 is 20.2 Å². The van der Waals surface area contributed by atoms with E-state index in [1.54, 1.807) is 36.4 Å². The van der Waals surface area contributed by atoms with Crippen molar-refractivity contribution in [1.29, 1.82) is 15.8 Å². The topological polar surface area (TPSA) is 187 Å². The second kappa shape index (κ2) is 16.6. The fraction of sp³-hybridized carbons (Fsp3) is 0. The second-order valence-electron chi connectivity index (χ2n) is 11.5. The highest BCUT2D eigenvalue weighted by Gasteiger charge is 2.16. The zero-order valence-corrected chi connectivity index (χ0v) is 30.7. The minimum Gasteiger partial charge on any atom is -0.477 e. The summed E-state index contributed by atoms with van der Waals surface area (Å²) in [5.74, 6) is -3.85. The molecule has 3 aromatic heterocycles. The fourth-order valence-electron chi connectivity index (χ4n) is 5.38. The number of carboxylic acid groups (broad SMARTS) is 3. The summed E-state index contributed by atoms with van der Waals surface area (Å²) in [4.78, 5) is 40.6. The molecule has 55 heavy (non-hydrogen) atoms. The first-order chi connectivity index (χ1) is 26.6. The first kappa shape index (κ1) is 37.4. The zero-order valence-electron chi connectivity index (χ0n) is 28.2. The minimum absolute atomic E-state index is 0.346. The van der Waals surface area contributed by atoms with Crippen LogP contribution in [-0.4, -0.2) is 33.2 Å². The number of anilines is 3. The van der Waals surface area contributed by atoms with Crippen molar-refractivity contribution in [2.45, 2.75) is 0 Å². The Bertz CT molecular complexity index is 2370. The van der Waals surface area contributed by atoms with Crippen molar-refractivity contribution in [1.82, 2.24) is 0 Å². The standard InChI is InChI=1S/C42H24N4O6S3/c43-22-28(40(47)48)19-34-13-16-37(53-34)25-1-7-31(8-2-25)46(32-9-3-26(4-10-32)38-17-14-35(54-38)20-29(23-44)41(49)50)33-11-5-27(6-12-33)39-18-15-36(55-39)21-30(24-45)42(51)52/h1-21H,(H,47,48)(H,49,50)(H,51,52)/b28-19-,29-20-,30-21+. The molecule has 0 unspecified atom stereocenters. The van der Waals surface area contributed by atoms with Crippen LogP contribution in [0.25, 0.3) is 49.5 Å². The van der Waals surface area contributed by atoms with Gasteiger partial charge in [-0.15, -0.1) is 34.0 Å². The van der Waals surface area contributed by atoms with E-state index in [0.717, 1.165) is 48.4 Å². The van der Waals surface area contributed by atoms with Crippen molar-refractivity contribution in [2.75, 3.05) is 4.90 Å². The van der Waals surface area contributed by atoms with Crippen LogP contribution in [0.4, 0.5) is 17.1 Å². The summed E-state index contributed by atoms with van der Waals surface area (Å²) >= 11 is 4.11. The van der Waals surface area contributed by atoms with E-state index in [1.807, 2.05) is 91.0 Å². The number of nitrogens with zero attached hydrogens (tertiary/aromatic N) is 4. The highest BCUT2D eigenvalue weighted by molar-refractivity contribution is 7.17. The number of rotatable bonds is 12. The van der Waals surface area contributed by atoms with Crippen LogP contribution >= 0.6 is 34.0 Å². The lowest BCUT2D eigenvalue weighted by Crippen LogP contribution is -2.09. The molecule has 6 rings (SSSR count). The van der Waals surface area contributed by atoms with Gasteiger partial charge in [-0.2, -0.15) is 15.8 Å². The Morgan fingerprint density at radius 3 is 0.909 bits per heavy atom. The molecule has 0 amide bonds. The number of nitriles is 3. The van der Waals surface area contributed by atoms with Gasteiger partial charge in [-0.25, -0.2) is 14.4 Å². The van der Waals surface area contributed by atoms with Crippen molar-refractivity contribution < 1.29 is 29.7 Å². The smallest absolute Gasteiger partial charge is 0.346 e. The highest BCUT2D eigenvalue weighted by Crippen LogP contribution is 2.40. The molecule has 3 N–H and O–H groups in total. The van der Waals surface area contributed by atoms with Gasteiger partial charge in [-0.3, -0.25) is 0 Å². The largest absolute Gasteiger partial charge is 0.477 e. The number of hydrogen-bond acceptors (Lipinski definition) is 10. The van der Waals surface area contributed by atoms with E-state index in [2.05, 4.69) is 4.90 Å². The van der Waals surface area contributed by atoms with Gasteiger partial charge in [0.05, 0.1) is 0 Å². The van der Waals surface area contributed by atoms with Crippen molar-refractivity contribution in [3.63, 3.8) is 0 Å². The van der Waals surface area contributed by atoms with Crippen LogP contribution in [0.15, 0.2) is 126 Å². The van der Waals surface area contributed by atoms with Crippen LogP contribution < -0.4 is 4.90 Å². The Morgan fingerprint density at radius 1 is 0.436 bits per heavy atom. The first-order valence-corrected chi connectivity index (χ1v) is 18.5. The summed E-state index contributed by atoms with van der Waals surface area (Å²) in [6, 6.07) is 39.7. The molecule has 0 spiro atoms. The first-order valence-electron chi connectivity index (χ1n) is 16.0. The zero-order chi connectivity index (χ0) is 39.1. The molecule has 0 radical (unpaired) electrons. The Morgan fingerprint density at radius 2 is 0.691 bits per heavy atom. The minimum atomic E-state index is -1.28. The van der Waals surface area contributed by atoms with Crippen molar-refractivity contribution in [3.05, 3.63) is 141 Å². The summed E-state index contributed by atoms with van der Waals surface area (Å²) in [5, 5.41) is 55.2. The predicted octanol–water partition coefficient (Wildman–Crippen LogP) is 10.3. The van der Waals surface area contributed by atoms with Crippen LogP contribution in [-0.2, 0) is 14.4 Å². The van der Waals surface area contributed by atoms with Crippen molar-refractivity contribution in [2.24, 2.45) is 0 Å². The van der Waals surface area contributed by atoms with E-state index in [4.69, 9.17) is 15.8 Å². The SMILES string of the molecule is N#C/C(=C/c1ccc(-c2ccc(N(c3ccc(-c4ccc(/C=C(/C#N)C(=O)O)s4)cc3)c3ccc(-c4ccc(/C=C(\C#N)C(=O)O)s4)cc3)cc2)s1)C(=O)O. The summed E-state index contributed by atoms with van der Waals surface area (Å²) in [5.41, 5.74) is 4.22. The molecule has 10 nitrogen and oxygen atoms in total. The van der Waals surface area contributed by atoms with E-state index >= 15 is 0 Å². The second-order valence-corrected chi connectivity index (χ2v) is 14.9. The molecule has 0 bridgehead atoms. The van der Waals surface area contributed by atoms with Gasteiger partial charge in [0.15, 0.2) is 0 Å². The van der Waals surface area contributed by atoms with Gasteiger partial charge in [0.2, 0.25) is 0 Å². The lowest BCUT2D eigenvalue weighted by molar-refractivity contribution is -0.133. The predicted molar refractivity (Wildman–Crippen MR) is 215 cm³/mol. The number of hydrogen-bond donors (Lipinski definition) is 3. The lowest BCUT2D eigenvalue weighted by Gasteiger charge is -2.26. The molecular formula is C42H24N4O6S3. The Kier molecular flexibility index (Phi) is 11.3. The van der Waals surface area contributed by atoms with E-state index in [0.29, 0.717) is 14.6 Å². The van der Waals surface area contributed by atoms with E-state index < -0.39 is 17.9 Å². The molecule has 0 saturated heterocycles. The van der Waals surface area contributed by atoms with Gasteiger partial charge >= 0.3 is 17.9 Å². The number of thiophene rings is 3. The van der Waals surface area contributed by atoms with Gasteiger partial charge in [-0.1, -0.05) is 36.4 Å². The maximum absolute atomic E-state index is 11.3. The summed E-state index contributed by atoms with van der Waals surface area (Å²) < 4.78 is 0. The third-order valence-electron chi connectivity index (χ3n) is 8.02. The average Bonchev–Trinajstić information content (AvgIpc) is 3.98. The van der Waals surface area contributed by atoms with Crippen molar-refractivity contribution in [3.8, 4) is 49.5 Å². The molecule has 0 aliphatic heterocycles. The number of carbonyl (C=O) groups is 3. The fourth-order valence-corrected chi connectivity index (χ4v) is 8.25. The number of benzene rings is 3. The molecule has 13 heteroatoms. The molecule has 0 aliphatic rings. The van der Waals surface area contributed by atoms with Gasteiger partial charge in [0.1, 0.15) is 34.9 Å². The Labute approximate surface area is 326 Å². The maximum Gasteiger partial charge on any atom is 0.346 e. The highest BCUT2D eigenvalue weighted by atomic mass is 32.1. The third-order valence-corrected chi connectivity index (χ3v) is 11.3. The number of carboxylic acids is 3. The summed E-state index contributed by atoms with van der Waals surface area (Å²) in [7, 11) is 0. The van der Waals surface area contributed by atoms with Crippen LogP contribution in [0, 0.1) is 34.0 Å². The normalized spacial score (nSPS) is 11.6. The quantitative estimate of drug-likeness (QED) is 0.0797. The number of aliphatic carboxylic acids is 3.